The molecule has 1 amide bonds. The summed E-state index contributed by atoms with van der Waals surface area (Å²) in [6.07, 6.45) is 1.15. The predicted molar refractivity (Wildman–Crippen MR) is 81.7 cm³/mol. The first-order chi connectivity index (χ1) is 11.0. The summed E-state index contributed by atoms with van der Waals surface area (Å²) in [5, 5.41) is 17.3. The number of methoxy groups -OCH3 is 1. The molecule has 0 radical (unpaired) electrons. The second-order valence-electron chi connectivity index (χ2n) is 4.48. The van der Waals surface area contributed by atoms with Gasteiger partial charge in [-0.3, -0.25) is 19.6 Å². The molecule has 0 aliphatic carbocycles. The van der Waals surface area contributed by atoms with E-state index in [1.54, 1.807) is 24.3 Å². The first-order valence-electron chi connectivity index (χ1n) is 6.82. The van der Waals surface area contributed by atoms with Crippen LogP contribution >= 0.6 is 0 Å². The molecule has 0 saturated carbocycles. The lowest BCUT2D eigenvalue weighted by Gasteiger charge is -2.07. The van der Waals surface area contributed by atoms with Crippen molar-refractivity contribution in [3.8, 4) is 11.6 Å². The van der Waals surface area contributed by atoms with Gasteiger partial charge in [0.1, 0.15) is 18.5 Å². The molecule has 0 spiro atoms. The third-order valence-corrected chi connectivity index (χ3v) is 2.85. The lowest BCUT2D eigenvalue weighted by molar-refractivity contribution is -0.385. The maximum Gasteiger partial charge on any atom is 0.350 e. The SMILES string of the molecule is CCOc1ccc(NC(=O)Cn2cc([N+](=O)[O-])c(OC)n2)cc1. The molecule has 2 aromatic rings. The van der Waals surface area contributed by atoms with Gasteiger partial charge in [0.2, 0.25) is 5.91 Å². The van der Waals surface area contributed by atoms with Crippen LogP contribution in [-0.2, 0) is 11.3 Å². The van der Waals surface area contributed by atoms with Crippen molar-refractivity contribution in [2.75, 3.05) is 19.0 Å². The zero-order valence-corrected chi connectivity index (χ0v) is 12.7. The van der Waals surface area contributed by atoms with Crippen LogP contribution in [0.25, 0.3) is 0 Å². The molecule has 23 heavy (non-hydrogen) atoms. The second kappa shape index (κ2) is 7.25. The van der Waals surface area contributed by atoms with Crippen LogP contribution in [-0.4, -0.2) is 34.3 Å². The highest BCUT2D eigenvalue weighted by Crippen LogP contribution is 2.24. The van der Waals surface area contributed by atoms with Crippen LogP contribution in [0.2, 0.25) is 0 Å². The third-order valence-electron chi connectivity index (χ3n) is 2.85. The largest absolute Gasteiger partial charge is 0.494 e. The van der Waals surface area contributed by atoms with Crippen LogP contribution < -0.4 is 14.8 Å². The van der Waals surface area contributed by atoms with Crippen molar-refractivity contribution in [1.82, 2.24) is 9.78 Å². The van der Waals surface area contributed by atoms with Gasteiger partial charge in [0, 0.05) is 5.69 Å². The van der Waals surface area contributed by atoms with Crippen LogP contribution in [0.15, 0.2) is 30.5 Å². The van der Waals surface area contributed by atoms with Crippen molar-refractivity contribution in [1.29, 1.82) is 0 Å². The Kier molecular flexibility index (Phi) is 5.13. The van der Waals surface area contributed by atoms with E-state index in [0.717, 1.165) is 10.9 Å². The molecule has 0 aliphatic rings. The number of benzene rings is 1. The van der Waals surface area contributed by atoms with Crippen molar-refractivity contribution in [3.63, 3.8) is 0 Å². The average Bonchev–Trinajstić information content (AvgIpc) is 2.92. The normalized spacial score (nSPS) is 10.2. The number of nitrogens with zero attached hydrogens (tertiary/aromatic N) is 3. The number of carbonyl (C=O) groups excluding carboxylic acids is 1. The Hall–Kier alpha value is -3.10. The number of amides is 1. The van der Waals surface area contributed by atoms with Gasteiger partial charge in [0.15, 0.2) is 0 Å². The summed E-state index contributed by atoms with van der Waals surface area (Å²) < 4.78 is 11.3. The molecular formula is C14H16N4O5. The summed E-state index contributed by atoms with van der Waals surface area (Å²) in [6.45, 7) is 2.27. The summed E-state index contributed by atoms with van der Waals surface area (Å²) in [7, 11) is 1.28. The van der Waals surface area contributed by atoms with Crippen molar-refractivity contribution in [2.45, 2.75) is 13.5 Å². The monoisotopic (exact) mass is 320 g/mol. The second-order valence-corrected chi connectivity index (χ2v) is 4.48. The van der Waals surface area contributed by atoms with Gasteiger partial charge in [-0.15, -0.1) is 5.10 Å². The fourth-order valence-corrected chi connectivity index (χ4v) is 1.89. The van der Waals surface area contributed by atoms with Gasteiger partial charge < -0.3 is 14.8 Å². The number of ether oxygens (including phenoxy) is 2. The summed E-state index contributed by atoms with van der Waals surface area (Å²) in [6, 6.07) is 6.88. The van der Waals surface area contributed by atoms with E-state index in [2.05, 4.69) is 10.4 Å². The molecule has 0 atom stereocenters. The Labute approximate surface area is 132 Å². The molecule has 1 heterocycles. The van der Waals surface area contributed by atoms with Crippen molar-refractivity contribution >= 4 is 17.3 Å². The van der Waals surface area contributed by atoms with E-state index in [4.69, 9.17) is 9.47 Å². The minimum atomic E-state index is -0.618. The Balaban J connectivity index is 2.00. The molecule has 122 valence electrons. The molecule has 0 bridgehead atoms. The molecule has 9 heteroatoms. The van der Waals surface area contributed by atoms with E-state index in [1.165, 1.54) is 7.11 Å². The molecule has 0 aliphatic heterocycles. The lowest BCUT2D eigenvalue weighted by atomic mass is 10.3. The highest BCUT2D eigenvalue weighted by atomic mass is 16.6. The Bertz CT molecular complexity index is 696. The van der Waals surface area contributed by atoms with E-state index in [0.29, 0.717) is 18.0 Å². The molecule has 1 aromatic carbocycles. The number of rotatable bonds is 7. The van der Waals surface area contributed by atoms with Crippen molar-refractivity contribution < 1.29 is 19.2 Å². The third kappa shape index (κ3) is 4.19. The molecule has 1 aromatic heterocycles. The summed E-state index contributed by atoms with van der Waals surface area (Å²) >= 11 is 0. The maximum atomic E-state index is 12.0. The topological polar surface area (TPSA) is 109 Å². The van der Waals surface area contributed by atoms with Gasteiger partial charge in [0.25, 0.3) is 0 Å². The molecular weight excluding hydrogens is 304 g/mol. The van der Waals surface area contributed by atoms with Gasteiger partial charge in [-0.25, -0.2) is 0 Å². The van der Waals surface area contributed by atoms with E-state index in [1.807, 2.05) is 6.92 Å². The Morgan fingerprint density at radius 1 is 1.39 bits per heavy atom. The number of hydrogen-bond donors (Lipinski definition) is 1. The highest BCUT2D eigenvalue weighted by molar-refractivity contribution is 5.90. The summed E-state index contributed by atoms with van der Waals surface area (Å²) in [5.41, 5.74) is 0.299. The predicted octanol–water partition coefficient (Wildman–Crippen LogP) is 1.84. The zero-order chi connectivity index (χ0) is 16.8. The van der Waals surface area contributed by atoms with E-state index in [9.17, 15) is 14.9 Å². The fraction of sp³-hybridized carbons (Fsp3) is 0.286. The van der Waals surface area contributed by atoms with Crippen LogP contribution in [0, 0.1) is 10.1 Å². The number of nitro groups is 1. The average molecular weight is 320 g/mol. The van der Waals surface area contributed by atoms with Crippen molar-refractivity contribution in [3.05, 3.63) is 40.6 Å². The fourth-order valence-electron chi connectivity index (χ4n) is 1.89. The zero-order valence-electron chi connectivity index (χ0n) is 12.7. The van der Waals surface area contributed by atoms with Gasteiger partial charge in [-0.1, -0.05) is 0 Å². The van der Waals surface area contributed by atoms with Gasteiger partial charge in [0.05, 0.1) is 18.6 Å². The summed E-state index contributed by atoms with van der Waals surface area (Å²) in [4.78, 5) is 22.2. The van der Waals surface area contributed by atoms with Crippen LogP contribution in [0.1, 0.15) is 6.92 Å². The first-order valence-corrected chi connectivity index (χ1v) is 6.82. The van der Waals surface area contributed by atoms with Gasteiger partial charge in [-0.2, -0.15) is 0 Å². The van der Waals surface area contributed by atoms with Crippen LogP contribution in [0.5, 0.6) is 11.6 Å². The standard InChI is InChI=1S/C14H16N4O5/c1-3-23-11-6-4-10(5-7-11)15-13(19)9-17-8-12(18(20)21)14(16-17)22-2/h4-8H,3,9H2,1-2H3,(H,15,19). The molecule has 2 rings (SSSR count). The van der Waals surface area contributed by atoms with Gasteiger partial charge >= 0.3 is 11.6 Å². The maximum absolute atomic E-state index is 12.0. The van der Waals surface area contributed by atoms with Crippen LogP contribution in [0.4, 0.5) is 11.4 Å². The quantitative estimate of drug-likeness (QED) is 0.616. The van der Waals surface area contributed by atoms with E-state index in [-0.39, 0.29) is 24.0 Å². The number of nitrogens with one attached hydrogen (secondary N) is 1. The first kappa shape index (κ1) is 16.3. The van der Waals surface area contributed by atoms with Gasteiger partial charge in [-0.05, 0) is 31.2 Å². The molecule has 0 unspecified atom stereocenters. The minimum Gasteiger partial charge on any atom is -0.494 e. The highest BCUT2D eigenvalue weighted by Gasteiger charge is 2.21. The number of aromatic nitrogens is 2. The molecule has 0 fully saturated rings. The molecule has 0 saturated heterocycles. The summed E-state index contributed by atoms with van der Waals surface area (Å²) in [5.74, 6) is 0.205. The lowest BCUT2D eigenvalue weighted by Crippen LogP contribution is -2.19. The van der Waals surface area contributed by atoms with Crippen molar-refractivity contribution in [2.24, 2.45) is 0 Å². The number of carbonyl (C=O) groups is 1. The number of anilines is 1. The van der Waals surface area contributed by atoms with E-state index >= 15 is 0 Å². The van der Waals surface area contributed by atoms with Crippen LogP contribution in [0.3, 0.4) is 0 Å². The van der Waals surface area contributed by atoms with E-state index < -0.39 is 4.92 Å². The smallest absolute Gasteiger partial charge is 0.350 e. The number of hydrogen-bond acceptors (Lipinski definition) is 6. The molecule has 1 N–H and O–H groups in total. The minimum absolute atomic E-state index is 0.135. The Morgan fingerprint density at radius 2 is 2.09 bits per heavy atom. The Morgan fingerprint density at radius 3 is 2.61 bits per heavy atom. The molecule has 9 nitrogen and oxygen atoms in total.